The number of benzene rings is 2. The maximum absolute atomic E-state index is 14.2. The van der Waals surface area contributed by atoms with Gasteiger partial charge in [0.1, 0.15) is 23.4 Å². The number of carboxylic acid groups (broad SMARTS) is 1. The molecule has 3 aromatic rings. The third kappa shape index (κ3) is 10.2. The molecule has 13 heteroatoms. The average molecular weight is 816 g/mol. The van der Waals surface area contributed by atoms with Gasteiger partial charge in [0, 0.05) is 47.7 Å². The summed E-state index contributed by atoms with van der Waals surface area (Å²) in [6.45, 7) is 21.7. The molecule has 0 saturated carbocycles. The summed E-state index contributed by atoms with van der Waals surface area (Å²) in [5.74, 6) is -0.719. The van der Waals surface area contributed by atoms with Crippen LogP contribution in [-0.2, 0) is 27.3 Å². The van der Waals surface area contributed by atoms with Crippen molar-refractivity contribution in [2.75, 3.05) is 13.2 Å². The van der Waals surface area contributed by atoms with Gasteiger partial charge in [-0.15, -0.1) is 0 Å². The first kappa shape index (κ1) is 42.3. The van der Waals surface area contributed by atoms with Gasteiger partial charge in [-0.25, -0.2) is 10.2 Å². The number of aliphatic hydroxyl groups excluding tert-OH is 1. The lowest BCUT2D eigenvalue weighted by Gasteiger charge is -2.42. The van der Waals surface area contributed by atoms with Crippen LogP contribution in [0.2, 0.25) is 16.6 Å². The molecule has 53 heavy (non-hydrogen) atoms. The van der Waals surface area contributed by atoms with Crippen molar-refractivity contribution in [2.45, 2.75) is 129 Å². The van der Waals surface area contributed by atoms with Crippen molar-refractivity contribution in [1.29, 1.82) is 0 Å². The van der Waals surface area contributed by atoms with Gasteiger partial charge in [0.25, 0.3) is 14.2 Å². The van der Waals surface area contributed by atoms with E-state index in [1.54, 1.807) is 20.8 Å². The highest BCUT2D eigenvalue weighted by Crippen LogP contribution is 2.44. The van der Waals surface area contributed by atoms with E-state index in [-0.39, 0.29) is 18.9 Å². The number of nitrogens with zero attached hydrogens (tertiary/aromatic N) is 2. The molecule has 1 aromatic heterocycles. The van der Waals surface area contributed by atoms with Crippen LogP contribution in [0.3, 0.4) is 0 Å². The zero-order valence-electron chi connectivity index (χ0n) is 33.0. The zero-order valence-corrected chi connectivity index (χ0v) is 35.5. The van der Waals surface area contributed by atoms with Crippen molar-refractivity contribution < 1.29 is 33.8 Å². The van der Waals surface area contributed by atoms with E-state index < -0.39 is 44.0 Å². The maximum atomic E-state index is 14.2. The van der Waals surface area contributed by atoms with Crippen LogP contribution in [0, 0.1) is 5.92 Å². The second kappa shape index (κ2) is 17.4. The van der Waals surface area contributed by atoms with Gasteiger partial charge in [-0.3, -0.25) is 14.6 Å². The number of ether oxygens (including phenoxy) is 1. The van der Waals surface area contributed by atoms with Crippen LogP contribution in [0.15, 0.2) is 47.1 Å². The van der Waals surface area contributed by atoms with Crippen molar-refractivity contribution >= 4 is 53.1 Å². The van der Waals surface area contributed by atoms with Crippen molar-refractivity contribution in [1.82, 2.24) is 20.3 Å². The van der Waals surface area contributed by atoms with Crippen LogP contribution < -0.4 is 15.2 Å². The standard InChI is InChI=1S/C40H59BrN4O7Si/c1-24(2)53(25(3)4,26(5)6)52-31-17-28(16-30(19-31)29-13-14-32-33(41)22-44(36(32)20-29)21-27(7)23-46)18-35(42-39(50)51-40(8,9)10)37(47)45-15-11-12-34(43-45)38(48)49/h13-14,16-17,19-20,22,24-27,34-35,43,46H,11-12,15,18,21,23H2,1-10H3,(H,42,50)(H,48,49)/t27?,34-,35?/m0/s1. The number of aliphatic hydroxyl groups is 1. The van der Waals surface area contributed by atoms with Crippen LogP contribution in [0.1, 0.15) is 87.6 Å². The lowest BCUT2D eigenvalue weighted by atomic mass is 9.97. The number of aliphatic carboxylic acids is 1. The summed E-state index contributed by atoms with van der Waals surface area (Å²) in [4.78, 5) is 39.2. The Kier molecular flexibility index (Phi) is 13.9. The number of carbonyl (C=O) groups is 3. The molecule has 0 aliphatic carbocycles. The molecular formula is C40H59BrN4O7Si. The summed E-state index contributed by atoms with van der Waals surface area (Å²) in [5.41, 5.74) is 6.62. The summed E-state index contributed by atoms with van der Waals surface area (Å²) >= 11 is 3.71. The SMILES string of the molecule is CC(CO)Cn1cc(Br)c2ccc(-c3cc(CC(NC(=O)OC(C)(C)C)C(=O)N4CCC[C@@H](C(=O)O)N4)cc(O[Si](C(C)C)(C(C)C)C(C)C)c3)cc21. The van der Waals surface area contributed by atoms with E-state index in [1.807, 2.05) is 25.3 Å². The summed E-state index contributed by atoms with van der Waals surface area (Å²) in [6.07, 6.45) is 2.31. The minimum atomic E-state index is -2.41. The number of hydrogen-bond donors (Lipinski definition) is 4. The smallest absolute Gasteiger partial charge is 0.408 e. The molecule has 11 nitrogen and oxygen atoms in total. The van der Waals surface area contributed by atoms with Crippen LogP contribution in [0.4, 0.5) is 4.79 Å². The number of aromatic nitrogens is 1. The second-order valence-electron chi connectivity index (χ2n) is 16.5. The van der Waals surface area contributed by atoms with E-state index in [0.29, 0.717) is 48.3 Å². The first-order chi connectivity index (χ1) is 24.7. The minimum Gasteiger partial charge on any atom is -0.543 e. The Balaban J connectivity index is 1.86. The highest BCUT2D eigenvalue weighted by atomic mass is 79.9. The first-order valence-corrected chi connectivity index (χ1v) is 21.7. The van der Waals surface area contributed by atoms with Gasteiger partial charge >= 0.3 is 12.1 Å². The molecule has 292 valence electrons. The normalized spacial score (nSPS) is 16.7. The number of fused-ring (bicyclic) bond motifs is 1. The van der Waals surface area contributed by atoms with Gasteiger partial charge in [0.15, 0.2) is 0 Å². The van der Waals surface area contributed by atoms with E-state index >= 15 is 0 Å². The van der Waals surface area contributed by atoms with Gasteiger partial charge in [0.2, 0.25) is 0 Å². The van der Waals surface area contributed by atoms with Crippen molar-refractivity contribution in [3.8, 4) is 16.9 Å². The Bertz CT molecular complexity index is 1750. The molecule has 3 atom stereocenters. The van der Waals surface area contributed by atoms with E-state index in [9.17, 15) is 24.6 Å². The molecule has 0 bridgehead atoms. The van der Waals surface area contributed by atoms with Crippen LogP contribution in [0.25, 0.3) is 22.0 Å². The Morgan fingerprint density at radius 2 is 1.66 bits per heavy atom. The number of alkyl carbamates (subject to hydrolysis) is 1. The largest absolute Gasteiger partial charge is 0.543 e. The van der Waals surface area contributed by atoms with Crippen molar-refractivity contribution in [3.63, 3.8) is 0 Å². The number of hydrogen-bond acceptors (Lipinski definition) is 7. The van der Waals surface area contributed by atoms with Gasteiger partial charge in [-0.2, -0.15) is 0 Å². The summed E-state index contributed by atoms with van der Waals surface area (Å²) in [5, 5.41) is 24.6. The molecule has 4 N–H and O–H groups in total. The van der Waals surface area contributed by atoms with Gasteiger partial charge in [0.05, 0.1) is 0 Å². The molecule has 1 aliphatic rings. The lowest BCUT2D eigenvalue weighted by Crippen LogP contribution is -2.60. The predicted octanol–water partition coefficient (Wildman–Crippen LogP) is 8.27. The molecule has 0 spiro atoms. The Morgan fingerprint density at radius 3 is 2.25 bits per heavy atom. The van der Waals surface area contributed by atoms with Gasteiger partial charge in [-0.05, 0) is 107 Å². The van der Waals surface area contributed by atoms with Crippen molar-refractivity contribution in [2.24, 2.45) is 5.92 Å². The molecule has 2 unspecified atom stereocenters. The molecule has 1 aliphatic heterocycles. The number of halogens is 1. The maximum Gasteiger partial charge on any atom is 0.408 e. The Hall–Kier alpha value is -3.39. The van der Waals surface area contributed by atoms with Gasteiger partial charge < -0.3 is 29.3 Å². The molecule has 2 aromatic carbocycles. The fourth-order valence-corrected chi connectivity index (χ4v) is 13.5. The van der Waals surface area contributed by atoms with E-state index in [4.69, 9.17) is 9.16 Å². The zero-order chi connectivity index (χ0) is 39.4. The predicted molar refractivity (Wildman–Crippen MR) is 215 cm³/mol. The number of rotatable bonds is 14. The highest BCUT2D eigenvalue weighted by molar-refractivity contribution is 9.10. The molecular weight excluding hydrogens is 756 g/mol. The summed E-state index contributed by atoms with van der Waals surface area (Å²) in [7, 11) is -2.41. The average Bonchev–Trinajstić information content (AvgIpc) is 3.38. The van der Waals surface area contributed by atoms with E-state index in [0.717, 1.165) is 32.1 Å². The molecule has 2 amide bonds. The van der Waals surface area contributed by atoms with Crippen LogP contribution >= 0.6 is 15.9 Å². The lowest BCUT2D eigenvalue weighted by molar-refractivity contribution is -0.147. The second-order valence-corrected chi connectivity index (χ2v) is 22.7. The highest BCUT2D eigenvalue weighted by Gasteiger charge is 2.47. The fraction of sp³-hybridized carbons (Fsp3) is 0.575. The third-order valence-electron chi connectivity index (χ3n) is 10.1. The number of carbonyl (C=O) groups excluding carboxylic acids is 2. The number of carboxylic acids is 1. The summed E-state index contributed by atoms with van der Waals surface area (Å²) in [6, 6.07) is 10.4. The van der Waals surface area contributed by atoms with Gasteiger partial charge in [-0.1, -0.05) is 66.7 Å². The topological polar surface area (TPSA) is 142 Å². The van der Waals surface area contributed by atoms with Crippen molar-refractivity contribution in [3.05, 3.63) is 52.6 Å². The number of amides is 2. The van der Waals surface area contributed by atoms with E-state index in [2.05, 4.69) is 97.0 Å². The monoisotopic (exact) mass is 814 g/mol. The minimum absolute atomic E-state index is 0.0674. The molecule has 0 radical (unpaired) electrons. The van der Waals surface area contributed by atoms with E-state index in [1.165, 1.54) is 5.01 Å². The number of nitrogens with one attached hydrogen (secondary N) is 2. The summed E-state index contributed by atoms with van der Waals surface area (Å²) < 4.78 is 15.9. The Morgan fingerprint density at radius 1 is 1.00 bits per heavy atom. The quantitative estimate of drug-likeness (QED) is 0.119. The molecule has 1 fully saturated rings. The molecule has 4 rings (SSSR count). The van der Waals surface area contributed by atoms with Crippen LogP contribution in [-0.4, -0.2) is 76.9 Å². The fourth-order valence-electron chi connectivity index (χ4n) is 7.73. The first-order valence-electron chi connectivity index (χ1n) is 18.8. The Labute approximate surface area is 324 Å². The van der Waals surface area contributed by atoms with Crippen LogP contribution in [0.5, 0.6) is 5.75 Å². The molecule has 1 saturated heterocycles. The third-order valence-corrected chi connectivity index (χ3v) is 16.8. The molecule has 2 heterocycles. The number of hydrazine groups is 1.